The van der Waals surface area contributed by atoms with Crippen molar-refractivity contribution in [2.75, 3.05) is 13.1 Å². The van der Waals surface area contributed by atoms with E-state index in [0.717, 1.165) is 6.08 Å². The van der Waals surface area contributed by atoms with Gasteiger partial charge in [0.1, 0.15) is 5.82 Å². The molecule has 0 saturated heterocycles. The Bertz CT molecular complexity index is 583. The van der Waals surface area contributed by atoms with Crippen molar-refractivity contribution in [1.29, 1.82) is 10.5 Å². The maximum absolute atomic E-state index is 13.5. The number of aliphatic carboxylic acids is 1. The van der Waals surface area contributed by atoms with Crippen molar-refractivity contribution < 1.29 is 14.3 Å². The van der Waals surface area contributed by atoms with Crippen molar-refractivity contribution in [2.45, 2.75) is 6.54 Å². The van der Waals surface area contributed by atoms with Crippen LogP contribution < -0.4 is 0 Å². The molecule has 0 unspecified atom stereocenters. The molecule has 0 aliphatic rings. The molecule has 0 aromatic heterocycles. The van der Waals surface area contributed by atoms with Crippen LogP contribution in [0.4, 0.5) is 4.39 Å². The third-order valence-electron chi connectivity index (χ3n) is 2.46. The number of hydrogen-bond donors (Lipinski definition) is 1. The van der Waals surface area contributed by atoms with Crippen molar-refractivity contribution in [3.63, 3.8) is 0 Å². The Kier molecular flexibility index (Phi) is 5.89. The Morgan fingerprint density at radius 1 is 1.35 bits per heavy atom. The number of rotatable bonds is 6. The summed E-state index contributed by atoms with van der Waals surface area (Å²) in [6.45, 7) is 0.492. The minimum absolute atomic E-state index is 0.0885. The summed E-state index contributed by atoms with van der Waals surface area (Å²) in [5.74, 6) is -1.69. The Balaban J connectivity index is 2.92. The maximum atomic E-state index is 13.5. The van der Waals surface area contributed by atoms with Crippen LogP contribution in [0.25, 0.3) is 6.08 Å². The number of carbonyl (C=O) groups is 1. The van der Waals surface area contributed by atoms with Gasteiger partial charge in [0.25, 0.3) is 0 Å². The van der Waals surface area contributed by atoms with Gasteiger partial charge in [-0.2, -0.15) is 10.5 Å². The van der Waals surface area contributed by atoms with Crippen LogP contribution in [0, 0.1) is 28.5 Å². The number of carboxylic acids is 1. The van der Waals surface area contributed by atoms with E-state index in [-0.39, 0.29) is 18.7 Å². The number of nitrogens with zero attached hydrogens (tertiary/aromatic N) is 3. The maximum Gasteiger partial charge on any atom is 0.328 e. The van der Waals surface area contributed by atoms with E-state index < -0.39 is 11.8 Å². The fourth-order valence-corrected chi connectivity index (χ4v) is 1.61. The van der Waals surface area contributed by atoms with Gasteiger partial charge in [0.2, 0.25) is 0 Å². The molecule has 0 atom stereocenters. The molecule has 0 heterocycles. The first-order valence-electron chi connectivity index (χ1n) is 5.72. The number of halogens is 1. The first-order chi connectivity index (χ1) is 9.56. The van der Waals surface area contributed by atoms with Gasteiger partial charge in [-0.05, 0) is 23.8 Å². The van der Waals surface area contributed by atoms with Crippen molar-refractivity contribution in [2.24, 2.45) is 0 Å². The summed E-state index contributed by atoms with van der Waals surface area (Å²) in [5.41, 5.74) is 0.848. The van der Waals surface area contributed by atoms with Gasteiger partial charge in [0.05, 0.1) is 25.2 Å². The normalized spacial score (nSPS) is 10.4. The SMILES string of the molecule is N#CCN(CC#N)Cc1ccc(F)c(C=CC(=O)O)c1. The lowest BCUT2D eigenvalue weighted by Crippen LogP contribution is -2.23. The molecule has 1 N–H and O–H groups in total. The van der Waals surface area contributed by atoms with E-state index in [2.05, 4.69) is 0 Å². The zero-order valence-corrected chi connectivity index (χ0v) is 10.6. The Labute approximate surface area is 115 Å². The predicted octanol–water partition coefficient (Wildman–Crippen LogP) is 1.77. The molecular formula is C14H12FN3O2. The summed E-state index contributed by atoms with van der Waals surface area (Å²) in [5, 5.41) is 25.8. The Morgan fingerprint density at radius 2 is 2.00 bits per heavy atom. The summed E-state index contributed by atoms with van der Waals surface area (Å²) in [4.78, 5) is 12.0. The van der Waals surface area contributed by atoms with Gasteiger partial charge in [-0.1, -0.05) is 6.07 Å². The molecule has 20 heavy (non-hydrogen) atoms. The summed E-state index contributed by atoms with van der Waals surface area (Å²) >= 11 is 0. The molecule has 1 aromatic rings. The summed E-state index contributed by atoms with van der Waals surface area (Å²) in [6.07, 6.45) is 2.02. The third kappa shape index (κ3) is 4.89. The molecule has 0 radical (unpaired) electrons. The van der Waals surface area contributed by atoms with Crippen LogP contribution in [0.2, 0.25) is 0 Å². The molecular weight excluding hydrogens is 261 g/mol. The van der Waals surface area contributed by atoms with Gasteiger partial charge in [0, 0.05) is 18.2 Å². The van der Waals surface area contributed by atoms with E-state index in [1.54, 1.807) is 4.90 Å². The monoisotopic (exact) mass is 273 g/mol. The lowest BCUT2D eigenvalue weighted by Gasteiger charge is -2.15. The quantitative estimate of drug-likeness (QED) is 0.630. The van der Waals surface area contributed by atoms with Crippen molar-refractivity contribution in [1.82, 2.24) is 4.90 Å². The highest BCUT2D eigenvalue weighted by atomic mass is 19.1. The molecule has 5 nitrogen and oxygen atoms in total. The van der Waals surface area contributed by atoms with Gasteiger partial charge >= 0.3 is 5.97 Å². The van der Waals surface area contributed by atoms with Crippen molar-refractivity contribution in [3.05, 3.63) is 41.2 Å². The molecule has 0 aliphatic carbocycles. The van der Waals surface area contributed by atoms with Crippen LogP contribution >= 0.6 is 0 Å². The molecule has 102 valence electrons. The van der Waals surface area contributed by atoms with Crippen LogP contribution in [0.3, 0.4) is 0 Å². The molecule has 1 aromatic carbocycles. The fraction of sp³-hybridized carbons (Fsp3) is 0.214. The smallest absolute Gasteiger partial charge is 0.328 e. The number of benzene rings is 1. The number of nitriles is 2. The van der Waals surface area contributed by atoms with E-state index in [4.69, 9.17) is 15.6 Å². The molecule has 1 rings (SSSR count). The predicted molar refractivity (Wildman–Crippen MR) is 69.6 cm³/mol. The average molecular weight is 273 g/mol. The van der Waals surface area contributed by atoms with Gasteiger partial charge < -0.3 is 5.11 Å². The molecule has 0 fully saturated rings. The zero-order valence-electron chi connectivity index (χ0n) is 10.6. The van der Waals surface area contributed by atoms with Gasteiger partial charge in [0.15, 0.2) is 0 Å². The van der Waals surface area contributed by atoms with E-state index in [0.29, 0.717) is 12.1 Å². The molecule has 0 bridgehead atoms. The minimum atomic E-state index is -1.16. The van der Waals surface area contributed by atoms with Gasteiger partial charge in [-0.25, -0.2) is 9.18 Å². The van der Waals surface area contributed by atoms with Crippen LogP contribution in [-0.4, -0.2) is 29.1 Å². The van der Waals surface area contributed by atoms with Crippen molar-refractivity contribution >= 4 is 12.0 Å². The highest BCUT2D eigenvalue weighted by Gasteiger charge is 2.07. The van der Waals surface area contributed by atoms with E-state index >= 15 is 0 Å². The first-order valence-corrected chi connectivity index (χ1v) is 5.72. The third-order valence-corrected chi connectivity index (χ3v) is 2.46. The molecule has 0 amide bonds. The molecule has 0 saturated carbocycles. The highest BCUT2D eigenvalue weighted by molar-refractivity contribution is 5.85. The van der Waals surface area contributed by atoms with Crippen LogP contribution in [0.5, 0.6) is 0 Å². The second-order valence-corrected chi connectivity index (χ2v) is 3.99. The fourth-order valence-electron chi connectivity index (χ4n) is 1.61. The number of carboxylic acid groups (broad SMARTS) is 1. The lowest BCUT2D eigenvalue weighted by atomic mass is 10.1. The summed E-state index contributed by atoms with van der Waals surface area (Å²) < 4.78 is 13.5. The van der Waals surface area contributed by atoms with E-state index in [1.807, 2.05) is 12.1 Å². The first kappa shape index (κ1) is 15.4. The standard InChI is InChI=1S/C14H12FN3O2/c15-13-3-1-11(9-12(13)2-4-14(19)20)10-18(7-5-16)8-6-17/h1-4,9H,7-8,10H2,(H,19,20). The van der Waals surface area contributed by atoms with Gasteiger partial charge in [-0.3, -0.25) is 4.90 Å². The topological polar surface area (TPSA) is 88.1 Å². The zero-order chi connectivity index (χ0) is 15.0. The largest absolute Gasteiger partial charge is 0.478 e. The van der Waals surface area contributed by atoms with Gasteiger partial charge in [-0.15, -0.1) is 0 Å². The minimum Gasteiger partial charge on any atom is -0.478 e. The van der Waals surface area contributed by atoms with Crippen LogP contribution in [-0.2, 0) is 11.3 Å². The molecule has 6 heteroatoms. The molecule has 0 aliphatic heterocycles. The lowest BCUT2D eigenvalue weighted by molar-refractivity contribution is -0.131. The average Bonchev–Trinajstić information content (AvgIpc) is 2.40. The number of hydrogen-bond acceptors (Lipinski definition) is 4. The summed E-state index contributed by atoms with van der Waals surface area (Å²) in [6, 6.07) is 8.16. The Morgan fingerprint density at radius 3 is 2.55 bits per heavy atom. The van der Waals surface area contributed by atoms with Crippen LogP contribution in [0.15, 0.2) is 24.3 Å². The second kappa shape index (κ2) is 7.67. The molecule has 0 spiro atoms. The second-order valence-electron chi connectivity index (χ2n) is 3.99. The Hall–Kier alpha value is -2.70. The van der Waals surface area contributed by atoms with E-state index in [1.165, 1.54) is 24.3 Å². The van der Waals surface area contributed by atoms with E-state index in [9.17, 15) is 9.18 Å². The van der Waals surface area contributed by atoms with Crippen LogP contribution in [0.1, 0.15) is 11.1 Å². The summed E-state index contributed by atoms with van der Waals surface area (Å²) in [7, 11) is 0. The van der Waals surface area contributed by atoms with Crippen molar-refractivity contribution in [3.8, 4) is 12.1 Å². The highest BCUT2D eigenvalue weighted by Crippen LogP contribution is 2.14.